The van der Waals surface area contributed by atoms with Gasteiger partial charge in [0.25, 0.3) is 0 Å². The van der Waals surface area contributed by atoms with Gasteiger partial charge in [-0.2, -0.15) is 0 Å². The molecule has 4 nitrogen and oxygen atoms in total. The first-order valence-electron chi connectivity index (χ1n) is 6.71. The van der Waals surface area contributed by atoms with Gasteiger partial charge in [-0.05, 0) is 30.8 Å². The average Bonchev–Trinajstić information content (AvgIpc) is 2.61. The van der Waals surface area contributed by atoms with Crippen LogP contribution in [-0.4, -0.2) is 48.4 Å². The van der Waals surface area contributed by atoms with E-state index in [0.717, 1.165) is 34.2 Å². The van der Waals surface area contributed by atoms with Gasteiger partial charge in [0.2, 0.25) is 0 Å². The highest BCUT2D eigenvalue weighted by atomic mass is 79.9. The molecule has 1 aromatic heterocycles. The fraction of sp³-hybridized carbons (Fsp3) is 0.400. The Bertz CT molecular complexity index is 712. The molecule has 0 bridgehead atoms. The third-order valence-corrected chi connectivity index (χ3v) is 5.15. The maximum Gasteiger partial charge on any atom is 0.139 e. The van der Waals surface area contributed by atoms with E-state index in [1.54, 1.807) is 0 Å². The van der Waals surface area contributed by atoms with Gasteiger partial charge in [-0.3, -0.25) is 4.98 Å². The lowest BCUT2D eigenvalue weighted by molar-refractivity contribution is -0.0101. The molecule has 1 atom stereocenters. The topological polar surface area (TPSA) is 39.6 Å². The largest absolute Gasteiger partial charge is 0.373 e. The minimum Gasteiger partial charge on any atom is -0.373 e. The highest BCUT2D eigenvalue weighted by Gasteiger charge is 2.56. The number of pyridine rings is 1. The molecule has 2 aliphatic rings. The van der Waals surface area contributed by atoms with E-state index in [0.29, 0.717) is 0 Å². The lowest BCUT2D eigenvalue weighted by atomic mass is 9.73. The first-order chi connectivity index (χ1) is 9.53. The van der Waals surface area contributed by atoms with Crippen LogP contribution < -0.4 is 4.90 Å². The Kier molecular flexibility index (Phi) is 2.47. The smallest absolute Gasteiger partial charge is 0.139 e. The average molecular weight is 334 g/mol. The van der Waals surface area contributed by atoms with Gasteiger partial charge < -0.3 is 14.9 Å². The van der Waals surface area contributed by atoms with E-state index in [9.17, 15) is 5.11 Å². The van der Waals surface area contributed by atoms with Crippen molar-refractivity contribution in [3.05, 3.63) is 34.4 Å². The van der Waals surface area contributed by atoms with E-state index in [2.05, 4.69) is 38.9 Å². The normalized spacial score (nSPS) is 24.2. The molecule has 5 heteroatoms. The number of fused-ring (bicyclic) bond motifs is 4. The number of hydrogen-bond donors (Lipinski definition) is 1. The number of likely N-dealkylation sites (N-methyl/N-ethyl adjacent to an activating group) is 2. The van der Waals surface area contributed by atoms with Crippen LogP contribution in [0.25, 0.3) is 10.9 Å². The molecule has 3 heterocycles. The van der Waals surface area contributed by atoms with E-state index in [4.69, 9.17) is 0 Å². The molecule has 20 heavy (non-hydrogen) atoms. The number of aliphatic hydroxyl groups excluding tert-OH is 1. The second-order valence-corrected chi connectivity index (χ2v) is 6.91. The summed E-state index contributed by atoms with van der Waals surface area (Å²) < 4.78 is 1.05. The summed E-state index contributed by atoms with van der Waals surface area (Å²) in [7, 11) is 4.04. The quantitative estimate of drug-likeness (QED) is 0.799. The van der Waals surface area contributed by atoms with Crippen molar-refractivity contribution in [1.29, 1.82) is 0 Å². The van der Waals surface area contributed by atoms with Gasteiger partial charge in [0.1, 0.15) is 6.23 Å². The van der Waals surface area contributed by atoms with Gasteiger partial charge in [-0.1, -0.05) is 15.9 Å². The maximum atomic E-state index is 10.7. The van der Waals surface area contributed by atoms with Gasteiger partial charge in [-0.25, -0.2) is 0 Å². The summed E-state index contributed by atoms with van der Waals surface area (Å²) in [6, 6.07) is 6.16. The van der Waals surface area contributed by atoms with E-state index in [-0.39, 0.29) is 5.41 Å². The van der Waals surface area contributed by atoms with E-state index in [1.165, 1.54) is 5.56 Å². The molecule has 2 aliphatic heterocycles. The SMILES string of the molecule is CN1CC2(C1)c1c(cnc3ccc(Br)cc13)N(C)C2O. The number of likely N-dealkylation sites (tertiary alicyclic amines) is 1. The van der Waals surface area contributed by atoms with Crippen LogP contribution in [0.5, 0.6) is 0 Å². The van der Waals surface area contributed by atoms with Crippen molar-refractivity contribution in [3.8, 4) is 0 Å². The summed E-state index contributed by atoms with van der Waals surface area (Å²) in [4.78, 5) is 8.74. The van der Waals surface area contributed by atoms with E-state index < -0.39 is 6.23 Å². The monoisotopic (exact) mass is 333 g/mol. The molecule has 104 valence electrons. The molecular weight excluding hydrogens is 318 g/mol. The van der Waals surface area contributed by atoms with Crippen LogP contribution in [0, 0.1) is 0 Å². The zero-order chi connectivity index (χ0) is 14.1. The number of nitrogens with zero attached hydrogens (tertiary/aromatic N) is 3. The Balaban J connectivity index is 2.05. The molecule has 0 radical (unpaired) electrons. The van der Waals surface area contributed by atoms with Crippen LogP contribution in [0.3, 0.4) is 0 Å². The van der Waals surface area contributed by atoms with Gasteiger partial charge in [0.05, 0.1) is 22.8 Å². The van der Waals surface area contributed by atoms with Crippen molar-refractivity contribution in [2.75, 3.05) is 32.1 Å². The van der Waals surface area contributed by atoms with Crippen LogP contribution >= 0.6 is 15.9 Å². The number of aromatic nitrogens is 1. The molecule has 1 fully saturated rings. The highest BCUT2D eigenvalue weighted by molar-refractivity contribution is 9.10. The van der Waals surface area contributed by atoms with Crippen molar-refractivity contribution in [1.82, 2.24) is 9.88 Å². The molecule has 1 saturated heterocycles. The molecule has 1 N–H and O–H groups in total. The maximum absolute atomic E-state index is 10.7. The Morgan fingerprint density at radius 2 is 2.10 bits per heavy atom. The number of rotatable bonds is 0. The van der Waals surface area contributed by atoms with Gasteiger partial charge in [-0.15, -0.1) is 0 Å². The van der Waals surface area contributed by atoms with E-state index >= 15 is 0 Å². The second-order valence-electron chi connectivity index (χ2n) is 5.99. The fourth-order valence-corrected chi connectivity index (χ4v) is 4.18. The molecule has 0 aliphatic carbocycles. The number of anilines is 1. The van der Waals surface area contributed by atoms with Crippen LogP contribution in [0.15, 0.2) is 28.9 Å². The Morgan fingerprint density at radius 3 is 2.80 bits per heavy atom. The van der Waals surface area contributed by atoms with Crippen LogP contribution in [0.1, 0.15) is 5.56 Å². The molecule has 2 aromatic rings. The number of hydrogen-bond acceptors (Lipinski definition) is 4. The predicted molar refractivity (Wildman–Crippen MR) is 83.0 cm³/mol. The van der Waals surface area contributed by atoms with Crippen molar-refractivity contribution in [3.63, 3.8) is 0 Å². The fourth-order valence-electron chi connectivity index (χ4n) is 3.81. The van der Waals surface area contributed by atoms with Crippen LogP contribution in [0.2, 0.25) is 0 Å². The molecule has 4 rings (SSSR count). The van der Waals surface area contributed by atoms with Gasteiger partial charge >= 0.3 is 0 Å². The van der Waals surface area contributed by atoms with Crippen molar-refractivity contribution in [2.24, 2.45) is 0 Å². The summed E-state index contributed by atoms with van der Waals surface area (Å²) in [6.07, 6.45) is 1.42. The molecule has 1 aromatic carbocycles. The second kappa shape index (κ2) is 3.93. The molecule has 0 saturated carbocycles. The van der Waals surface area contributed by atoms with Crippen molar-refractivity contribution >= 4 is 32.5 Å². The van der Waals surface area contributed by atoms with Crippen molar-refractivity contribution in [2.45, 2.75) is 11.6 Å². The lowest BCUT2D eigenvalue weighted by Crippen LogP contribution is -2.64. The number of benzene rings is 1. The molecule has 0 amide bonds. The first-order valence-corrected chi connectivity index (χ1v) is 7.50. The van der Waals surface area contributed by atoms with Crippen LogP contribution in [-0.2, 0) is 5.41 Å². The Labute approximate surface area is 126 Å². The minimum absolute atomic E-state index is 0.180. The summed E-state index contributed by atoms with van der Waals surface area (Å²) in [5.41, 5.74) is 3.11. The third kappa shape index (κ3) is 1.40. The summed E-state index contributed by atoms with van der Waals surface area (Å²) in [6.45, 7) is 1.77. The Hall–Kier alpha value is -1.17. The Morgan fingerprint density at radius 1 is 1.35 bits per heavy atom. The van der Waals surface area contributed by atoms with Gasteiger partial charge in [0, 0.05) is 30.0 Å². The third-order valence-electron chi connectivity index (χ3n) is 4.65. The minimum atomic E-state index is -0.472. The highest BCUT2D eigenvalue weighted by Crippen LogP contribution is 2.51. The first kappa shape index (κ1) is 12.6. The van der Waals surface area contributed by atoms with Crippen molar-refractivity contribution < 1.29 is 5.11 Å². The zero-order valence-electron chi connectivity index (χ0n) is 11.5. The standard InChI is InChI=1S/C15H16BrN3O/c1-18-7-15(8-18)13-10-5-9(16)3-4-11(10)17-6-12(13)19(2)14(15)20/h3-6,14,20H,7-8H2,1-2H3. The molecule has 1 spiro atoms. The number of aliphatic hydroxyl groups is 1. The predicted octanol–water partition coefficient (Wildman–Crippen LogP) is 1.95. The molecular formula is C15H16BrN3O. The lowest BCUT2D eigenvalue weighted by Gasteiger charge is -2.49. The zero-order valence-corrected chi connectivity index (χ0v) is 13.1. The van der Waals surface area contributed by atoms with Crippen LogP contribution in [0.4, 0.5) is 5.69 Å². The molecule has 1 unspecified atom stereocenters. The summed E-state index contributed by atoms with van der Waals surface area (Å²) in [5, 5.41) is 11.8. The van der Waals surface area contributed by atoms with E-state index in [1.807, 2.05) is 30.3 Å². The van der Waals surface area contributed by atoms with Gasteiger partial charge in [0.15, 0.2) is 0 Å². The summed E-state index contributed by atoms with van der Waals surface area (Å²) >= 11 is 3.55. The number of halogens is 1. The summed E-state index contributed by atoms with van der Waals surface area (Å²) in [5.74, 6) is 0.